The molecule has 1 amide bonds. The van der Waals surface area contributed by atoms with Crippen LogP contribution in [0.2, 0.25) is 0 Å². The molecule has 1 aromatic carbocycles. The predicted molar refractivity (Wildman–Crippen MR) is 108 cm³/mol. The molecule has 146 valence electrons. The molecular weight excluding hydrogens is 362 g/mol. The van der Waals surface area contributed by atoms with Crippen LogP contribution in [-0.4, -0.2) is 42.1 Å². The van der Waals surface area contributed by atoms with Gasteiger partial charge in [-0.25, -0.2) is 4.98 Å². The molecule has 1 saturated heterocycles. The second kappa shape index (κ2) is 9.19. The molecule has 2 unspecified atom stereocenters. The number of aromatic nitrogens is 1. The number of rotatable bonds is 7. The normalized spacial score (nSPS) is 18.7. The number of ether oxygens (including phenoxy) is 2. The van der Waals surface area contributed by atoms with E-state index in [-0.39, 0.29) is 5.91 Å². The second-order valence-electron chi connectivity index (χ2n) is 7.05. The SMILES string of the molecule is COc1ccc(OC(C)C(=O)Nc2nc(CN3CCCC(C)C3)cs2)cc1. The van der Waals surface area contributed by atoms with Crippen LogP contribution in [0.3, 0.4) is 0 Å². The number of anilines is 1. The lowest BCUT2D eigenvalue weighted by Crippen LogP contribution is -2.33. The maximum absolute atomic E-state index is 12.4. The Morgan fingerprint density at radius 2 is 2.11 bits per heavy atom. The van der Waals surface area contributed by atoms with Crippen molar-refractivity contribution < 1.29 is 14.3 Å². The predicted octanol–water partition coefficient (Wildman–Crippen LogP) is 3.79. The number of carbonyl (C=O) groups is 1. The number of hydrogen-bond acceptors (Lipinski definition) is 6. The summed E-state index contributed by atoms with van der Waals surface area (Å²) in [6.45, 7) is 7.10. The average Bonchev–Trinajstić information content (AvgIpc) is 3.09. The van der Waals surface area contributed by atoms with E-state index in [1.54, 1.807) is 38.3 Å². The summed E-state index contributed by atoms with van der Waals surface area (Å²) < 4.78 is 10.8. The lowest BCUT2D eigenvalue weighted by atomic mass is 10.0. The van der Waals surface area contributed by atoms with Crippen LogP contribution in [-0.2, 0) is 11.3 Å². The molecular formula is C20H27N3O3S. The van der Waals surface area contributed by atoms with Gasteiger partial charge in [-0.05, 0) is 56.5 Å². The van der Waals surface area contributed by atoms with Crippen molar-refractivity contribution in [1.82, 2.24) is 9.88 Å². The highest BCUT2D eigenvalue weighted by Gasteiger charge is 2.19. The van der Waals surface area contributed by atoms with Crippen molar-refractivity contribution in [2.24, 2.45) is 5.92 Å². The molecule has 27 heavy (non-hydrogen) atoms. The van der Waals surface area contributed by atoms with Gasteiger partial charge in [0.15, 0.2) is 11.2 Å². The van der Waals surface area contributed by atoms with Crippen molar-refractivity contribution in [1.29, 1.82) is 0 Å². The van der Waals surface area contributed by atoms with Crippen molar-refractivity contribution in [2.45, 2.75) is 39.3 Å². The largest absolute Gasteiger partial charge is 0.497 e. The number of carbonyl (C=O) groups excluding carboxylic acids is 1. The van der Waals surface area contributed by atoms with Gasteiger partial charge < -0.3 is 9.47 Å². The molecule has 0 saturated carbocycles. The number of thiazole rings is 1. The zero-order valence-corrected chi connectivity index (χ0v) is 16.9. The van der Waals surface area contributed by atoms with Gasteiger partial charge in [-0.1, -0.05) is 6.92 Å². The molecule has 3 rings (SSSR count). The molecule has 0 radical (unpaired) electrons. The van der Waals surface area contributed by atoms with Crippen LogP contribution in [0, 0.1) is 5.92 Å². The highest BCUT2D eigenvalue weighted by Crippen LogP contribution is 2.22. The van der Waals surface area contributed by atoms with E-state index in [0.717, 1.165) is 37.0 Å². The third kappa shape index (κ3) is 5.68. The topological polar surface area (TPSA) is 63.7 Å². The number of likely N-dealkylation sites (tertiary alicyclic amines) is 1. The van der Waals surface area contributed by atoms with E-state index in [1.165, 1.54) is 24.2 Å². The molecule has 2 atom stereocenters. The summed E-state index contributed by atoms with van der Waals surface area (Å²) in [6, 6.07) is 7.16. The molecule has 2 aromatic rings. The summed E-state index contributed by atoms with van der Waals surface area (Å²) in [5, 5.41) is 5.48. The Kier molecular flexibility index (Phi) is 6.68. The van der Waals surface area contributed by atoms with Crippen LogP contribution in [0.25, 0.3) is 0 Å². The average molecular weight is 390 g/mol. The lowest BCUT2D eigenvalue weighted by molar-refractivity contribution is -0.122. The van der Waals surface area contributed by atoms with Crippen LogP contribution in [0.15, 0.2) is 29.6 Å². The third-order valence-electron chi connectivity index (χ3n) is 4.65. The van der Waals surface area contributed by atoms with Gasteiger partial charge in [0.25, 0.3) is 5.91 Å². The van der Waals surface area contributed by atoms with Gasteiger partial charge >= 0.3 is 0 Å². The number of benzene rings is 1. The molecule has 1 N–H and O–H groups in total. The summed E-state index contributed by atoms with van der Waals surface area (Å²) >= 11 is 1.45. The van der Waals surface area contributed by atoms with Crippen molar-refractivity contribution in [3.63, 3.8) is 0 Å². The number of piperidine rings is 1. The first kappa shape index (κ1) is 19.6. The van der Waals surface area contributed by atoms with Crippen molar-refractivity contribution in [2.75, 3.05) is 25.5 Å². The Bertz CT molecular complexity index is 747. The zero-order chi connectivity index (χ0) is 19.2. The van der Waals surface area contributed by atoms with Crippen molar-refractivity contribution in [3.05, 3.63) is 35.3 Å². The first-order valence-electron chi connectivity index (χ1n) is 9.32. The Morgan fingerprint density at radius 3 is 2.81 bits per heavy atom. The molecule has 0 aliphatic carbocycles. The molecule has 1 aliphatic rings. The Morgan fingerprint density at radius 1 is 1.37 bits per heavy atom. The van der Waals surface area contributed by atoms with E-state index < -0.39 is 6.10 Å². The summed E-state index contributed by atoms with van der Waals surface area (Å²) in [5.41, 5.74) is 1.01. The lowest BCUT2D eigenvalue weighted by Gasteiger charge is -2.30. The number of nitrogens with zero attached hydrogens (tertiary/aromatic N) is 2. The fourth-order valence-electron chi connectivity index (χ4n) is 3.22. The Labute approximate surface area is 164 Å². The molecule has 1 aliphatic heterocycles. The molecule has 1 aromatic heterocycles. The summed E-state index contributed by atoms with van der Waals surface area (Å²) in [4.78, 5) is 19.4. The van der Waals surface area contributed by atoms with E-state index in [2.05, 4.69) is 22.1 Å². The molecule has 0 spiro atoms. The minimum absolute atomic E-state index is 0.210. The molecule has 0 bridgehead atoms. The van der Waals surface area contributed by atoms with Crippen LogP contribution >= 0.6 is 11.3 Å². The Balaban J connectivity index is 1.50. The van der Waals surface area contributed by atoms with Crippen LogP contribution in [0.5, 0.6) is 11.5 Å². The van der Waals surface area contributed by atoms with E-state index in [9.17, 15) is 4.79 Å². The maximum Gasteiger partial charge on any atom is 0.266 e. The minimum Gasteiger partial charge on any atom is -0.497 e. The second-order valence-corrected chi connectivity index (χ2v) is 7.91. The van der Waals surface area contributed by atoms with Gasteiger partial charge in [-0.3, -0.25) is 15.0 Å². The maximum atomic E-state index is 12.4. The highest BCUT2D eigenvalue weighted by atomic mass is 32.1. The summed E-state index contributed by atoms with van der Waals surface area (Å²) in [7, 11) is 1.61. The molecule has 1 fully saturated rings. The molecule has 6 nitrogen and oxygen atoms in total. The van der Waals surface area contributed by atoms with E-state index in [0.29, 0.717) is 10.9 Å². The van der Waals surface area contributed by atoms with Gasteiger partial charge in [-0.2, -0.15) is 0 Å². The molecule has 2 heterocycles. The van der Waals surface area contributed by atoms with E-state index >= 15 is 0 Å². The summed E-state index contributed by atoms with van der Waals surface area (Å²) in [5.74, 6) is 1.90. The van der Waals surface area contributed by atoms with Crippen molar-refractivity contribution >= 4 is 22.4 Å². The first-order valence-corrected chi connectivity index (χ1v) is 10.2. The van der Waals surface area contributed by atoms with Crippen LogP contribution < -0.4 is 14.8 Å². The standard InChI is InChI=1S/C20H27N3O3S/c1-14-5-4-10-23(11-14)12-16-13-27-20(21-16)22-19(24)15(2)26-18-8-6-17(25-3)7-9-18/h6-9,13-15H,4-5,10-12H2,1-3H3,(H,21,22,24). The smallest absolute Gasteiger partial charge is 0.266 e. The third-order valence-corrected chi connectivity index (χ3v) is 5.46. The number of amides is 1. The fraction of sp³-hybridized carbons (Fsp3) is 0.500. The quantitative estimate of drug-likeness (QED) is 0.781. The van der Waals surface area contributed by atoms with E-state index in [1.807, 2.05) is 5.38 Å². The van der Waals surface area contributed by atoms with Gasteiger partial charge in [-0.15, -0.1) is 11.3 Å². The van der Waals surface area contributed by atoms with Gasteiger partial charge in [0, 0.05) is 18.5 Å². The van der Waals surface area contributed by atoms with E-state index in [4.69, 9.17) is 9.47 Å². The highest BCUT2D eigenvalue weighted by molar-refractivity contribution is 7.13. The number of hydrogen-bond donors (Lipinski definition) is 1. The van der Waals surface area contributed by atoms with Crippen molar-refractivity contribution in [3.8, 4) is 11.5 Å². The first-order chi connectivity index (χ1) is 13.0. The summed E-state index contributed by atoms with van der Waals surface area (Å²) in [6.07, 6.45) is 1.93. The fourth-order valence-corrected chi connectivity index (χ4v) is 3.92. The van der Waals surface area contributed by atoms with Gasteiger partial charge in [0.2, 0.25) is 0 Å². The number of nitrogens with one attached hydrogen (secondary N) is 1. The minimum atomic E-state index is -0.617. The van der Waals surface area contributed by atoms with Crippen LogP contribution in [0.1, 0.15) is 32.4 Å². The zero-order valence-electron chi connectivity index (χ0n) is 16.1. The van der Waals surface area contributed by atoms with Crippen LogP contribution in [0.4, 0.5) is 5.13 Å². The molecule has 7 heteroatoms. The Hall–Kier alpha value is -2.12. The monoisotopic (exact) mass is 389 g/mol. The number of methoxy groups -OCH3 is 1. The van der Waals surface area contributed by atoms with Gasteiger partial charge in [0.1, 0.15) is 11.5 Å². The van der Waals surface area contributed by atoms with Gasteiger partial charge in [0.05, 0.1) is 12.8 Å².